The molecule has 1 unspecified atom stereocenters. The van der Waals surface area contributed by atoms with E-state index in [0.29, 0.717) is 25.1 Å². The molecule has 2 heterocycles. The first-order valence-corrected chi connectivity index (χ1v) is 9.19. The maximum absolute atomic E-state index is 12.7. The Morgan fingerprint density at radius 1 is 1.14 bits per heavy atom. The Morgan fingerprint density at radius 3 is 2.64 bits per heavy atom. The Morgan fingerprint density at radius 2 is 1.93 bits per heavy atom. The lowest BCUT2D eigenvalue weighted by Gasteiger charge is -2.29. The van der Waals surface area contributed by atoms with Gasteiger partial charge in [-0.2, -0.15) is 0 Å². The van der Waals surface area contributed by atoms with Gasteiger partial charge in [0.15, 0.2) is 0 Å². The molecule has 1 atom stereocenters. The largest absolute Gasteiger partial charge is 0.497 e. The minimum atomic E-state index is -0.590. The number of rotatable bonds is 5. The molecule has 2 aromatic carbocycles. The summed E-state index contributed by atoms with van der Waals surface area (Å²) in [6, 6.07) is 12.8. The third-order valence-corrected chi connectivity index (χ3v) is 5.18. The van der Waals surface area contributed by atoms with E-state index in [1.54, 1.807) is 18.1 Å². The summed E-state index contributed by atoms with van der Waals surface area (Å²) in [5.74, 6) is -0.0229. The predicted molar refractivity (Wildman–Crippen MR) is 103 cm³/mol. The minimum Gasteiger partial charge on any atom is -0.497 e. The van der Waals surface area contributed by atoms with E-state index in [1.165, 1.54) is 0 Å². The molecule has 1 fully saturated rings. The molecule has 0 saturated carbocycles. The second-order valence-electron chi connectivity index (χ2n) is 6.97. The lowest BCUT2D eigenvalue weighted by atomic mass is 10.0. The summed E-state index contributed by atoms with van der Waals surface area (Å²) in [5, 5.41) is 5.68. The van der Waals surface area contributed by atoms with Gasteiger partial charge in [0.2, 0.25) is 11.8 Å². The number of nitrogens with zero attached hydrogens (tertiary/aromatic N) is 1. The maximum Gasteiger partial charge on any atom is 0.255 e. The van der Waals surface area contributed by atoms with Gasteiger partial charge in [0.05, 0.1) is 7.11 Å². The fraction of sp³-hybridized carbons (Fsp3) is 0.286. The van der Waals surface area contributed by atoms with Crippen molar-refractivity contribution < 1.29 is 19.1 Å². The van der Waals surface area contributed by atoms with Crippen LogP contribution in [0.25, 0.3) is 0 Å². The van der Waals surface area contributed by atoms with Crippen molar-refractivity contribution in [1.82, 2.24) is 10.2 Å². The number of hydrogen-bond donors (Lipinski definition) is 2. The third-order valence-electron chi connectivity index (χ3n) is 5.18. The average molecular weight is 379 g/mol. The number of imide groups is 1. The van der Waals surface area contributed by atoms with E-state index in [9.17, 15) is 14.4 Å². The molecular formula is C21H21N3O4. The van der Waals surface area contributed by atoms with Crippen LogP contribution in [0.15, 0.2) is 42.5 Å². The van der Waals surface area contributed by atoms with Crippen molar-refractivity contribution in [1.29, 1.82) is 0 Å². The van der Waals surface area contributed by atoms with Gasteiger partial charge in [-0.15, -0.1) is 0 Å². The van der Waals surface area contributed by atoms with Crippen LogP contribution in [0.1, 0.15) is 34.3 Å². The molecule has 3 amide bonds. The number of hydrogen-bond acceptors (Lipinski definition) is 5. The molecular weight excluding hydrogens is 358 g/mol. The molecule has 0 aliphatic carbocycles. The zero-order valence-electron chi connectivity index (χ0n) is 15.5. The highest BCUT2D eigenvalue weighted by Gasteiger charge is 2.39. The maximum atomic E-state index is 12.7. The molecule has 4 rings (SSSR count). The number of carbonyl (C=O) groups is 3. The highest BCUT2D eigenvalue weighted by atomic mass is 16.5. The molecule has 2 aliphatic heterocycles. The number of piperidine rings is 1. The molecule has 2 aliphatic rings. The lowest BCUT2D eigenvalue weighted by Crippen LogP contribution is -2.52. The topological polar surface area (TPSA) is 87.7 Å². The summed E-state index contributed by atoms with van der Waals surface area (Å²) < 4.78 is 5.16. The normalized spacial score (nSPS) is 18.7. The Balaban J connectivity index is 1.44. The summed E-state index contributed by atoms with van der Waals surface area (Å²) in [6.45, 7) is 1.02. The SMILES string of the molecule is COc1ccc(CNc2ccc3c(c2)CN(C2CCC(=O)NC2=O)C3=O)cc1. The standard InChI is InChI=1S/C21H21N3O4/c1-28-16-5-2-13(3-6-16)11-22-15-4-7-17-14(10-15)12-24(21(17)27)18-8-9-19(25)23-20(18)26/h2-7,10,18,22H,8-9,11-12H2,1H3,(H,23,25,26). The van der Waals surface area contributed by atoms with Crippen molar-refractivity contribution in [2.45, 2.75) is 32.0 Å². The van der Waals surface area contributed by atoms with Crippen LogP contribution in [0.2, 0.25) is 0 Å². The summed E-state index contributed by atoms with van der Waals surface area (Å²) in [5.41, 5.74) is 3.52. The van der Waals surface area contributed by atoms with Gasteiger partial charge >= 0.3 is 0 Å². The van der Waals surface area contributed by atoms with Crippen molar-refractivity contribution in [3.05, 3.63) is 59.2 Å². The van der Waals surface area contributed by atoms with Gasteiger partial charge in [-0.1, -0.05) is 12.1 Å². The number of fused-ring (bicyclic) bond motifs is 1. The van der Waals surface area contributed by atoms with Gasteiger partial charge in [0.25, 0.3) is 5.91 Å². The average Bonchev–Trinajstić information content (AvgIpc) is 3.02. The molecule has 0 bridgehead atoms. The minimum absolute atomic E-state index is 0.161. The van der Waals surface area contributed by atoms with Gasteiger partial charge in [0.1, 0.15) is 11.8 Å². The summed E-state index contributed by atoms with van der Waals surface area (Å²) in [7, 11) is 1.64. The second kappa shape index (κ2) is 7.34. The van der Waals surface area contributed by atoms with Crippen LogP contribution in [0.3, 0.4) is 0 Å². The zero-order chi connectivity index (χ0) is 19.7. The van der Waals surface area contributed by atoms with Crippen LogP contribution < -0.4 is 15.4 Å². The number of benzene rings is 2. The Kier molecular flexibility index (Phi) is 4.73. The van der Waals surface area contributed by atoms with Crippen LogP contribution in [-0.2, 0) is 22.7 Å². The Labute approximate surface area is 162 Å². The van der Waals surface area contributed by atoms with E-state index in [1.807, 2.05) is 36.4 Å². The predicted octanol–water partition coefficient (Wildman–Crippen LogP) is 2.07. The van der Waals surface area contributed by atoms with Crippen LogP contribution in [-0.4, -0.2) is 35.8 Å². The van der Waals surface area contributed by atoms with E-state index in [-0.39, 0.29) is 18.2 Å². The fourth-order valence-electron chi connectivity index (χ4n) is 3.63. The van der Waals surface area contributed by atoms with E-state index in [0.717, 1.165) is 22.6 Å². The van der Waals surface area contributed by atoms with Crippen molar-refractivity contribution >= 4 is 23.4 Å². The molecule has 7 nitrogen and oxygen atoms in total. The van der Waals surface area contributed by atoms with Gasteiger partial charge < -0.3 is 15.0 Å². The molecule has 0 spiro atoms. The number of nitrogens with one attached hydrogen (secondary N) is 2. The van der Waals surface area contributed by atoms with Crippen LogP contribution in [0, 0.1) is 0 Å². The Bertz CT molecular complexity index is 939. The van der Waals surface area contributed by atoms with Gasteiger partial charge in [-0.3, -0.25) is 19.7 Å². The number of ether oxygens (including phenoxy) is 1. The quantitative estimate of drug-likeness (QED) is 0.777. The number of methoxy groups -OCH3 is 1. The van der Waals surface area contributed by atoms with Crippen LogP contribution in [0.4, 0.5) is 5.69 Å². The molecule has 2 N–H and O–H groups in total. The summed E-state index contributed by atoms with van der Waals surface area (Å²) in [4.78, 5) is 37.7. The van der Waals surface area contributed by atoms with E-state index >= 15 is 0 Å². The highest BCUT2D eigenvalue weighted by molar-refractivity contribution is 6.05. The van der Waals surface area contributed by atoms with E-state index in [2.05, 4.69) is 10.6 Å². The summed E-state index contributed by atoms with van der Waals surface area (Å²) >= 11 is 0. The molecule has 28 heavy (non-hydrogen) atoms. The van der Waals surface area contributed by atoms with Crippen molar-refractivity contribution in [2.75, 3.05) is 12.4 Å². The fourth-order valence-corrected chi connectivity index (χ4v) is 3.63. The molecule has 0 aromatic heterocycles. The molecule has 1 saturated heterocycles. The number of carbonyl (C=O) groups excluding carboxylic acids is 3. The molecule has 7 heteroatoms. The highest BCUT2D eigenvalue weighted by Crippen LogP contribution is 2.29. The van der Waals surface area contributed by atoms with E-state index in [4.69, 9.17) is 4.74 Å². The summed E-state index contributed by atoms with van der Waals surface area (Å²) in [6.07, 6.45) is 0.623. The van der Waals surface area contributed by atoms with Crippen LogP contribution in [0.5, 0.6) is 5.75 Å². The molecule has 144 valence electrons. The molecule has 2 aromatic rings. The number of anilines is 1. The van der Waals surface area contributed by atoms with Crippen molar-refractivity contribution in [3.63, 3.8) is 0 Å². The van der Waals surface area contributed by atoms with Gasteiger partial charge in [-0.25, -0.2) is 0 Å². The first-order chi connectivity index (χ1) is 13.5. The zero-order valence-corrected chi connectivity index (χ0v) is 15.5. The van der Waals surface area contributed by atoms with E-state index < -0.39 is 11.9 Å². The second-order valence-corrected chi connectivity index (χ2v) is 6.97. The lowest BCUT2D eigenvalue weighted by molar-refractivity contribution is -0.136. The van der Waals surface area contributed by atoms with Crippen molar-refractivity contribution in [3.8, 4) is 5.75 Å². The smallest absolute Gasteiger partial charge is 0.255 e. The van der Waals surface area contributed by atoms with Gasteiger partial charge in [-0.05, 0) is 47.9 Å². The third kappa shape index (κ3) is 3.43. The van der Waals surface area contributed by atoms with Gasteiger partial charge in [0, 0.05) is 30.8 Å². The Hall–Kier alpha value is -3.35. The first kappa shape index (κ1) is 18.0. The number of amides is 3. The van der Waals surface area contributed by atoms with Crippen molar-refractivity contribution in [2.24, 2.45) is 0 Å². The molecule has 0 radical (unpaired) electrons. The first-order valence-electron chi connectivity index (χ1n) is 9.19. The monoisotopic (exact) mass is 379 g/mol. The van der Waals surface area contributed by atoms with Crippen LogP contribution >= 0.6 is 0 Å².